The van der Waals surface area contributed by atoms with Crippen molar-refractivity contribution in [3.63, 3.8) is 0 Å². The number of hydrogen-bond donors (Lipinski definition) is 1. The molecule has 2 bridgehead atoms. The molecule has 3 heterocycles. The molecule has 3 aliphatic rings. The minimum Gasteiger partial charge on any atom is -0.495 e. The molecule has 1 aromatic carbocycles. The zero-order chi connectivity index (χ0) is 14.1. The van der Waals surface area contributed by atoms with Crippen molar-refractivity contribution in [3.05, 3.63) is 28.8 Å². The maximum Gasteiger partial charge on any atom is 0.251 e. The highest BCUT2D eigenvalue weighted by Gasteiger charge is 2.34. The smallest absolute Gasteiger partial charge is 0.251 e. The van der Waals surface area contributed by atoms with Crippen LogP contribution in [0, 0.1) is 5.92 Å². The molecular weight excluding hydrogens is 276 g/mol. The van der Waals surface area contributed by atoms with Crippen molar-refractivity contribution in [3.8, 4) is 5.75 Å². The number of nitrogens with zero attached hydrogens (tertiary/aromatic N) is 1. The number of rotatable bonds is 3. The van der Waals surface area contributed by atoms with Crippen LogP contribution in [0.3, 0.4) is 0 Å². The average molecular weight is 295 g/mol. The van der Waals surface area contributed by atoms with Gasteiger partial charge in [0.25, 0.3) is 5.91 Å². The van der Waals surface area contributed by atoms with E-state index in [-0.39, 0.29) is 11.9 Å². The Morgan fingerprint density at radius 2 is 2.15 bits per heavy atom. The van der Waals surface area contributed by atoms with E-state index in [4.69, 9.17) is 16.3 Å². The van der Waals surface area contributed by atoms with Crippen LogP contribution >= 0.6 is 11.6 Å². The van der Waals surface area contributed by atoms with Crippen molar-refractivity contribution in [2.24, 2.45) is 5.92 Å². The van der Waals surface area contributed by atoms with E-state index >= 15 is 0 Å². The van der Waals surface area contributed by atoms with Gasteiger partial charge in [-0.25, -0.2) is 0 Å². The predicted octanol–water partition coefficient (Wildman–Crippen LogP) is 2.17. The van der Waals surface area contributed by atoms with E-state index < -0.39 is 0 Å². The Labute approximate surface area is 124 Å². The summed E-state index contributed by atoms with van der Waals surface area (Å²) in [5.74, 6) is 1.16. The number of carbonyl (C=O) groups is 1. The van der Waals surface area contributed by atoms with Gasteiger partial charge in [0.15, 0.2) is 0 Å². The third kappa shape index (κ3) is 2.63. The maximum absolute atomic E-state index is 12.3. The molecule has 3 aliphatic heterocycles. The molecule has 1 N–H and O–H groups in total. The molecule has 0 aromatic heterocycles. The third-order valence-corrected chi connectivity index (χ3v) is 4.68. The summed E-state index contributed by atoms with van der Waals surface area (Å²) in [6, 6.07) is 5.41. The number of amides is 1. The highest BCUT2D eigenvalue weighted by molar-refractivity contribution is 6.32. The quantitative estimate of drug-likeness (QED) is 0.929. The Morgan fingerprint density at radius 3 is 2.70 bits per heavy atom. The first-order valence-electron chi connectivity index (χ1n) is 7.04. The number of ether oxygens (including phenoxy) is 1. The first kappa shape index (κ1) is 13.7. The lowest BCUT2D eigenvalue weighted by Crippen LogP contribution is -2.57. The van der Waals surface area contributed by atoms with E-state index in [1.165, 1.54) is 25.9 Å². The molecule has 108 valence electrons. The van der Waals surface area contributed by atoms with E-state index in [0.29, 0.717) is 22.3 Å². The summed E-state index contributed by atoms with van der Waals surface area (Å²) < 4.78 is 5.10. The van der Waals surface area contributed by atoms with Crippen molar-refractivity contribution in [2.75, 3.05) is 26.7 Å². The van der Waals surface area contributed by atoms with Gasteiger partial charge in [0.05, 0.1) is 12.1 Å². The molecule has 4 rings (SSSR count). The number of piperidine rings is 3. The molecule has 5 heteroatoms. The fraction of sp³-hybridized carbons (Fsp3) is 0.533. The van der Waals surface area contributed by atoms with Gasteiger partial charge in [0, 0.05) is 18.2 Å². The number of nitrogens with one attached hydrogen (secondary N) is 1. The zero-order valence-corrected chi connectivity index (χ0v) is 12.3. The number of hydrogen-bond acceptors (Lipinski definition) is 3. The lowest BCUT2D eigenvalue weighted by molar-refractivity contribution is 0.0620. The standard InChI is InChI=1S/C15H19ClN2O2/c1-20-14-3-2-11(8-12(14)16)15(19)17-13-9-18-6-4-10(13)5-7-18/h2-3,8,10,13H,4-7,9H2,1H3,(H,17,19). The van der Waals surface area contributed by atoms with E-state index in [1.807, 2.05) is 0 Å². The Balaban J connectivity index is 1.68. The molecule has 0 radical (unpaired) electrons. The molecule has 1 amide bonds. The first-order chi connectivity index (χ1) is 9.67. The van der Waals surface area contributed by atoms with Crippen molar-refractivity contribution >= 4 is 17.5 Å². The van der Waals surface area contributed by atoms with Crippen LogP contribution in [-0.4, -0.2) is 43.6 Å². The molecule has 0 aliphatic carbocycles. The van der Waals surface area contributed by atoms with Gasteiger partial charge in [-0.05, 0) is 50.0 Å². The van der Waals surface area contributed by atoms with E-state index in [9.17, 15) is 4.79 Å². The van der Waals surface area contributed by atoms with E-state index in [1.54, 1.807) is 25.3 Å². The van der Waals surface area contributed by atoms with Gasteiger partial charge >= 0.3 is 0 Å². The first-order valence-corrected chi connectivity index (χ1v) is 7.42. The number of carbonyl (C=O) groups excluding carboxylic acids is 1. The van der Waals surface area contributed by atoms with E-state index in [2.05, 4.69) is 10.2 Å². The predicted molar refractivity (Wildman–Crippen MR) is 78.4 cm³/mol. The molecule has 3 fully saturated rings. The second-order valence-electron chi connectivity index (χ2n) is 5.57. The summed E-state index contributed by atoms with van der Waals surface area (Å²) in [6.45, 7) is 3.32. The van der Waals surface area contributed by atoms with Gasteiger partial charge in [-0.1, -0.05) is 11.6 Å². The largest absolute Gasteiger partial charge is 0.495 e. The second-order valence-corrected chi connectivity index (χ2v) is 5.97. The van der Waals surface area contributed by atoms with Gasteiger partial charge in [0.1, 0.15) is 5.75 Å². The second kappa shape index (κ2) is 5.62. The van der Waals surface area contributed by atoms with Crippen LogP contribution < -0.4 is 10.1 Å². The number of benzene rings is 1. The van der Waals surface area contributed by atoms with Crippen LogP contribution in [0.2, 0.25) is 5.02 Å². The summed E-state index contributed by atoms with van der Waals surface area (Å²) in [6.07, 6.45) is 2.38. The van der Waals surface area contributed by atoms with Crippen molar-refractivity contribution < 1.29 is 9.53 Å². The number of halogens is 1. The SMILES string of the molecule is COc1ccc(C(=O)NC2CN3CCC2CC3)cc1Cl. The molecule has 20 heavy (non-hydrogen) atoms. The number of fused-ring (bicyclic) bond motifs is 3. The highest BCUT2D eigenvalue weighted by Crippen LogP contribution is 2.28. The normalized spacial score (nSPS) is 28.2. The van der Waals surface area contributed by atoms with Crippen molar-refractivity contribution in [2.45, 2.75) is 18.9 Å². The molecule has 0 saturated carbocycles. The highest BCUT2D eigenvalue weighted by atomic mass is 35.5. The molecule has 1 aromatic rings. The third-order valence-electron chi connectivity index (χ3n) is 4.39. The summed E-state index contributed by atoms with van der Waals surface area (Å²) in [7, 11) is 1.56. The Bertz CT molecular complexity index is 513. The Morgan fingerprint density at radius 1 is 1.40 bits per heavy atom. The summed E-state index contributed by atoms with van der Waals surface area (Å²) in [5.41, 5.74) is 0.590. The molecule has 1 atom stereocenters. The van der Waals surface area contributed by atoms with Crippen LogP contribution in [0.4, 0.5) is 0 Å². The fourth-order valence-corrected chi connectivity index (χ4v) is 3.45. The minimum atomic E-state index is -0.0479. The van der Waals surface area contributed by atoms with Gasteiger partial charge in [-0.2, -0.15) is 0 Å². The van der Waals surface area contributed by atoms with Gasteiger partial charge in [-0.15, -0.1) is 0 Å². The topological polar surface area (TPSA) is 41.6 Å². The van der Waals surface area contributed by atoms with Gasteiger partial charge in [0.2, 0.25) is 0 Å². The van der Waals surface area contributed by atoms with Crippen LogP contribution in [0.15, 0.2) is 18.2 Å². The summed E-state index contributed by atoms with van der Waals surface area (Å²) >= 11 is 6.07. The maximum atomic E-state index is 12.3. The molecule has 4 nitrogen and oxygen atoms in total. The van der Waals surface area contributed by atoms with Gasteiger partial charge < -0.3 is 15.0 Å². The van der Waals surface area contributed by atoms with Crippen LogP contribution in [-0.2, 0) is 0 Å². The summed E-state index contributed by atoms with van der Waals surface area (Å²) in [4.78, 5) is 14.7. The Kier molecular flexibility index (Phi) is 3.85. The molecule has 0 spiro atoms. The Hall–Kier alpha value is -1.26. The van der Waals surface area contributed by atoms with E-state index in [0.717, 1.165) is 6.54 Å². The minimum absolute atomic E-state index is 0.0479. The lowest BCUT2D eigenvalue weighted by Gasteiger charge is -2.44. The monoisotopic (exact) mass is 294 g/mol. The molecular formula is C15H19ClN2O2. The van der Waals surface area contributed by atoms with Crippen molar-refractivity contribution in [1.29, 1.82) is 0 Å². The molecule has 1 unspecified atom stereocenters. The zero-order valence-electron chi connectivity index (χ0n) is 11.6. The van der Waals surface area contributed by atoms with Crippen molar-refractivity contribution in [1.82, 2.24) is 10.2 Å². The molecule has 3 saturated heterocycles. The van der Waals surface area contributed by atoms with Crippen LogP contribution in [0.25, 0.3) is 0 Å². The summed E-state index contributed by atoms with van der Waals surface area (Å²) in [5, 5.41) is 3.62. The van der Waals surface area contributed by atoms with Crippen LogP contribution in [0.1, 0.15) is 23.2 Å². The average Bonchev–Trinajstić information content (AvgIpc) is 2.48. The fourth-order valence-electron chi connectivity index (χ4n) is 3.19. The van der Waals surface area contributed by atoms with Gasteiger partial charge in [-0.3, -0.25) is 4.79 Å². The lowest BCUT2D eigenvalue weighted by atomic mass is 9.84. The number of methoxy groups -OCH3 is 1. The van der Waals surface area contributed by atoms with Crippen LogP contribution in [0.5, 0.6) is 5.75 Å².